The molecule has 1 rings (SSSR count). The van der Waals surface area contributed by atoms with E-state index in [0.29, 0.717) is 19.0 Å². The Morgan fingerprint density at radius 1 is 1.45 bits per heavy atom. The first-order valence-corrected chi connectivity index (χ1v) is 4.61. The molecule has 4 N–H and O–H groups in total. The zero-order valence-electron chi connectivity index (χ0n) is 6.71. The minimum Gasteiger partial charge on any atom is -0.330 e. The molecule has 0 radical (unpaired) electrons. The summed E-state index contributed by atoms with van der Waals surface area (Å²) in [4.78, 5) is 1.31. The van der Waals surface area contributed by atoms with E-state index in [2.05, 4.69) is 18.4 Å². The molecule has 62 valence electrons. The van der Waals surface area contributed by atoms with Crippen molar-refractivity contribution in [2.45, 2.75) is 12.8 Å². The van der Waals surface area contributed by atoms with Crippen LogP contribution >= 0.6 is 11.3 Å². The third-order valence-corrected chi connectivity index (χ3v) is 2.94. The van der Waals surface area contributed by atoms with E-state index in [0.717, 1.165) is 0 Å². The van der Waals surface area contributed by atoms with Crippen LogP contribution in [0.3, 0.4) is 0 Å². The SMILES string of the molecule is Cc1csc(C(CN)CN)c1. The minimum absolute atomic E-state index is 0.355. The van der Waals surface area contributed by atoms with E-state index in [9.17, 15) is 0 Å². The maximum atomic E-state index is 5.55. The van der Waals surface area contributed by atoms with Crippen LogP contribution in [-0.2, 0) is 0 Å². The maximum absolute atomic E-state index is 5.55. The predicted octanol–water partition coefficient (Wildman–Crippen LogP) is 1.06. The van der Waals surface area contributed by atoms with Crippen molar-refractivity contribution in [1.29, 1.82) is 0 Å². The van der Waals surface area contributed by atoms with E-state index in [4.69, 9.17) is 11.5 Å². The van der Waals surface area contributed by atoms with Gasteiger partial charge in [-0.1, -0.05) is 0 Å². The first-order valence-electron chi connectivity index (χ1n) is 3.73. The van der Waals surface area contributed by atoms with E-state index < -0.39 is 0 Å². The Balaban J connectivity index is 2.73. The van der Waals surface area contributed by atoms with Crippen molar-refractivity contribution in [3.8, 4) is 0 Å². The molecule has 0 atom stereocenters. The summed E-state index contributed by atoms with van der Waals surface area (Å²) in [5, 5.41) is 2.13. The average molecular weight is 170 g/mol. The summed E-state index contributed by atoms with van der Waals surface area (Å²) in [6.45, 7) is 3.39. The molecule has 11 heavy (non-hydrogen) atoms. The van der Waals surface area contributed by atoms with Crippen LogP contribution in [0.5, 0.6) is 0 Å². The normalized spacial score (nSPS) is 10.9. The van der Waals surface area contributed by atoms with Gasteiger partial charge in [0.2, 0.25) is 0 Å². The van der Waals surface area contributed by atoms with Gasteiger partial charge in [-0.05, 0) is 23.9 Å². The van der Waals surface area contributed by atoms with Crippen molar-refractivity contribution in [3.63, 3.8) is 0 Å². The molecule has 0 unspecified atom stereocenters. The quantitative estimate of drug-likeness (QED) is 0.712. The molecule has 0 aliphatic heterocycles. The summed E-state index contributed by atoms with van der Waals surface area (Å²) in [6, 6.07) is 2.16. The first kappa shape index (κ1) is 8.71. The van der Waals surface area contributed by atoms with E-state index in [1.807, 2.05) is 0 Å². The fourth-order valence-corrected chi connectivity index (χ4v) is 2.02. The summed E-state index contributed by atoms with van der Waals surface area (Å²) in [6.07, 6.45) is 0. The van der Waals surface area contributed by atoms with Crippen molar-refractivity contribution in [1.82, 2.24) is 0 Å². The van der Waals surface area contributed by atoms with Crippen LogP contribution < -0.4 is 11.5 Å². The van der Waals surface area contributed by atoms with Gasteiger partial charge in [0.1, 0.15) is 0 Å². The highest BCUT2D eigenvalue weighted by Crippen LogP contribution is 2.21. The third-order valence-electron chi connectivity index (χ3n) is 1.72. The van der Waals surface area contributed by atoms with Gasteiger partial charge in [0.05, 0.1) is 0 Å². The summed E-state index contributed by atoms with van der Waals surface area (Å²) in [5.41, 5.74) is 12.4. The van der Waals surface area contributed by atoms with Gasteiger partial charge in [-0.3, -0.25) is 0 Å². The number of hydrogen-bond donors (Lipinski definition) is 2. The lowest BCUT2D eigenvalue weighted by molar-refractivity contribution is 0.721. The van der Waals surface area contributed by atoms with E-state index >= 15 is 0 Å². The van der Waals surface area contributed by atoms with Crippen molar-refractivity contribution in [3.05, 3.63) is 21.9 Å². The second kappa shape index (κ2) is 3.85. The van der Waals surface area contributed by atoms with Gasteiger partial charge in [0.25, 0.3) is 0 Å². The molecule has 0 fully saturated rings. The fraction of sp³-hybridized carbons (Fsp3) is 0.500. The van der Waals surface area contributed by atoms with Crippen molar-refractivity contribution >= 4 is 11.3 Å². The molecule has 0 bridgehead atoms. The van der Waals surface area contributed by atoms with Gasteiger partial charge >= 0.3 is 0 Å². The molecule has 1 heterocycles. The Kier molecular flexibility index (Phi) is 3.05. The van der Waals surface area contributed by atoms with Crippen molar-refractivity contribution in [2.75, 3.05) is 13.1 Å². The molecule has 0 saturated heterocycles. The average Bonchev–Trinajstić information content (AvgIpc) is 2.39. The Bertz CT molecular complexity index is 216. The van der Waals surface area contributed by atoms with Crippen LogP contribution in [0.1, 0.15) is 16.4 Å². The minimum atomic E-state index is 0.355. The summed E-state index contributed by atoms with van der Waals surface area (Å²) < 4.78 is 0. The van der Waals surface area contributed by atoms with E-state index in [1.165, 1.54) is 10.4 Å². The molecule has 0 saturated carbocycles. The van der Waals surface area contributed by atoms with Crippen LogP contribution in [-0.4, -0.2) is 13.1 Å². The van der Waals surface area contributed by atoms with Gasteiger partial charge in [-0.15, -0.1) is 11.3 Å². The summed E-state index contributed by atoms with van der Waals surface area (Å²) >= 11 is 1.75. The first-order chi connectivity index (χ1) is 5.27. The molecule has 3 heteroatoms. The predicted molar refractivity (Wildman–Crippen MR) is 49.9 cm³/mol. The molecular formula is C8H14N2S. The van der Waals surface area contributed by atoms with Crippen LogP contribution in [0, 0.1) is 6.92 Å². The largest absolute Gasteiger partial charge is 0.330 e. The van der Waals surface area contributed by atoms with Crippen molar-refractivity contribution < 1.29 is 0 Å². The highest BCUT2D eigenvalue weighted by Gasteiger charge is 2.08. The Labute approximate surface area is 71.2 Å². The van der Waals surface area contributed by atoms with Gasteiger partial charge in [-0.25, -0.2) is 0 Å². The number of hydrogen-bond acceptors (Lipinski definition) is 3. The molecule has 2 nitrogen and oxygen atoms in total. The Morgan fingerprint density at radius 3 is 2.45 bits per heavy atom. The monoisotopic (exact) mass is 170 g/mol. The number of rotatable bonds is 3. The standard InChI is InChI=1S/C8H14N2S/c1-6-2-8(11-5-6)7(3-9)4-10/h2,5,7H,3-4,9-10H2,1H3. The fourth-order valence-electron chi connectivity index (χ4n) is 0.996. The smallest absolute Gasteiger partial charge is 0.0178 e. The van der Waals surface area contributed by atoms with E-state index in [-0.39, 0.29) is 0 Å². The van der Waals surface area contributed by atoms with Crippen LogP contribution in [0.4, 0.5) is 0 Å². The lowest BCUT2D eigenvalue weighted by Crippen LogP contribution is -2.20. The van der Waals surface area contributed by atoms with Gasteiger partial charge in [0, 0.05) is 23.9 Å². The van der Waals surface area contributed by atoms with Gasteiger partial charge in [0.15, 0.2) is 0 Å². The number of thiophene rings is 1. The van der Waals surface area contributed by atoms with Crippen LogP contribution in [0.25, 0.3) is 0 Å². The molecule has 1 aromatic rings. The van der Waals surface area contributed by atoms with Crippen LogP contribution in [0.2, 0.25) is 0 Å². The van der Waals surface area contributed by atoms with Gasteiger partial charge in [-0.2, -0.15) is 0 Å². The third kappa shape index (κ3) is 2.02. The molecule has 0 aliphatic carbocycles. The number of aryl methyl sites for hydroxylation is 1. The van der Waals surface area contributed by atoms with Crippen molar-refractivity contribution in [2.24, 2.45) is 11.5 Å². The molecule has 0 aromatic carbocycles. The van der Waals surface area contributed by atoms with Gasteiger partial charge < -0.3 is 11.5 Å². The Hall–Kier alpha value is -0.380. The maximum Gasteiger partial charge on any atom is 0.0178 e. The van der Waals surface area contributed by atoms with E-state index in [1.54, 1.807) is 11.3 Å². The Morgan fingerprint density at radius 2 is 2.09 bits per heavy atom. The molecule has 1 aromatic heterocycles. The highest BCUT2D eigenvalue weighted by atomic mass is 32.1. The van der Waals surface area contributed by atoms with Crippen LogP contribution in [0.15, 0.2) is 11.4 Å². The summed E-state index contributed by atoms with van der Waals surface area (Å²) in [7, 11) is 0. The zero-order chi connectivity index (χ0) is 8.27. The lowest BCUT2D eigenvalue weighted by Gasteiger charge is -2.07. The molecule has 0 amide bonds. The highest BCUT2D eigenvalue weighted by molar-refractivity contribution is 7.10. The zero-order valence-corrected chi connectivity index (χ0v) is 7.53. The number of nitrogens with two attached hydrogens (primary N) is 2. The lowest BCUT2D eigenvalue weighted by atomic mass is 10.1. The molecular weight excluding hydrogens is 156 g/mol. The molecule has 0 aliphatic rings. The second-order valence-corrected chi connectivity index (χ2v) is 3.64. The summed E-state index contributed by atoms with van der Waals surface area (Å²) in [5.74, 6) is 0.355. The second-order valence-electron chi connectivity index (χ2n) is 2.69. The topological polar surface area (TPSA) is 52.0 Å². The molecule has 0 spiro atoms.